The molecule has 0 unspecified atom stereocenters. The molecule has 0 radical (unpaired) electrons. The minimum absolute atomic E-state index is 0.0421. The van der Waals surface area contributed by atoms with Crippen molar-refractivity contribution in [2.75, 3.05) is 13.1 Å². The molecule has 30 heavy (non-hydrogen) atoms. The van der Waals surface area contributed by atoms with E-state index < -0.39 is 0 Å². The molecule has 0 atom stereocenters. The van der Waals surface area contributed by atoms with Gasteiger partial charge in [0, 0.05) is 41.2 Å². The molecule has 6 nitrogen and oxygen atoms in total. The van der Waals surface area contributed by atoms with Crippen LogP contribution in [0.25, 0.3) is 33.1 Å². The third-order valence-corrected chi connectivity index (χ3v) is 5.89. The number of piperidine rings is 1. The highest BCUT2D eigenvalue weighted by Crippen LogP contribution is 2.27. The lowest BCUT2D eigenvalue weighted by Gasteiger charge is -2.26. The van der Waals surface area contributed by atoms with Gasteiger partial charge in [-0.3, -0.25) is 14.6 Å². The molecule has 0 saturated carbocycles. The van der Waals surface area contributed by atoms with E-state index in [-0.39, 0.29) is 11.5 Å². The van der Waals surface area contributed by atoms with Crippen molar-refractivity contribution in [1.82, 2.24) is 19.9 Å². The number of nitrogens with zero attached hydrogens (tertiary/aromatic N) is 3. The fourth-order valence-electron chi connectivity index (χ4n) is 3.95. The number of pyridine rings is 1. The van der Waals surface area contributed by atoms with Gasteiger partial charge in [-0.15, -0.1) is 0 Å². The summed E-state index contributed by atoms with van der Waals surface area (Å²) >= 11 is 6.26. The van der Waals surface area contributed by atoms with Crippen LogP contribution in [0.2, 0.25) is 5.02 Å². The molecule has 7 heteroatoms. The molecule has 5 rings (SSSR count). The highest BCUT2D eigenvalue weighted by Gasteiger charge is 2.18. The van der Waals surface area contributed by atoms with Gasteiger partial charge in [0.05, 0.1) is 27.9 Å². The van der Waals surface area contributed by atoms with Crippen LogP contribution in [-0.4, -0.2) is 38.8 Å². The van der Waals surface area contributed by atoms with Gasteiger partial charge in [-0.2, -0.15) is 0 Å². The summed E-state index contributed by atoms with van der Waals surface area (Å²) in [6.45, 7) is 1.61. The largest absolute Gasteiger partial charge is 0.339 e. The number of H-pyrrole nitrogens is 1. The first-order chi connectivity index (χ1) is 14.6. The number of benzene rings is 2. The molecule has 1 N–H and O–H groups in total. The Morgan fingerprint density at radius 1 is 1.00 bits per heavy atom. The normalized spacial score (nSPS) is 14.4. The smallest absolute Gasteiger partial charge is 0.255 e. The Morgan fingerprint density at radius 2 is 1.83 bits per heavy atom. The fourth-order valence-corrected chi connectivity index (χ4v) is 4.16. The third-order valence-electron chi connectivity index (χ3n) is 5.58. The standard InChI is InChI=1S/C23H19ClN4O2/c24-18-12-26-22(29)16-6-4-14(10-17(16)18)21-13-25-19-7-5-15(11-20(19)27-21)23(30)28-8-2-1-3-9-28/h4-7,10-13H,1-3,8-9H2,(H,26,29). The predicted octanol–water partition coefficient (Wildman–Crippen LogP) is 4.42. The SMILES string of the molecule is O=C(c1ccc2ncc(-c3ccc4c(=O)[nH]cc(Cl)c4c3)nc2c1)N1CCCCC1. The quantitative estimate of drug-likeness (QED) is 0.522. The summed E-state index contributed by atoms with van der Waals surface area (Å²) in [7, 11) is 0. The van der Waals surface area contributed by atoms with Crippen LogP contribution in [-0.2, 0) is 0 Å². The average Bonchev–Trinajstić information content (AvgIpc) is 2.80. The van der Waals surface area contributed by atoms with Crippen LogP contribution in [0.4, 0.5) is 0 Å². The number of likely N-dealkylation sites (tertiary alicyclic amines) is 1. The maximum atomic E-state index is 12.8. The molecule has 1 amide bonds. The molecule has 1 aliphatic rings. The molecule has 1 aliphatic heterocycles. The van der Waals surface area contributed by atoms with E-state index in [4.69, 9.17) is 16.6 Å². The number of nitrogens with one attached hydrogen (secondary N) is 1. The van der Waals surface area contributed by atoms with Gasteiger partial charge < -0.3 is 9.88 Å². The van der Waals surface area contributed by atoms with E-state index in [0.717, 1.165) is 37.0 Å². The zero-order valence-electron chi connectivity index (χ0n) is 16.2. The van der Waals surface area contributed by atoms with Gasteiger partial charge in [-0.1, -0.05) is 17.7 Å². The van der Waals surface area contributed by atoms with Crippen LogP contribution >= 0.6 is 11.6 Å². The number of hydrogen-bond donors (Lipinski definition) is 1. The molecule has 1 saturated heterocycles. The van der Waals surface area contributed by atoms with E-state index in [2.05, 4.69) is 9.97 Å². The van der Waals surface area contributed by atoms with Crippen molar-refractivity contribution in [3.05, 3.63) is 69.7 Å². The Bertz CT molecular complexity index is 1340. The summed E-state index contributed by atoms with van der Waals surface area (Å²) in [5.74, 6) is 0.0421. The summed E-state index contributed by atoms with van der Waals surface area (Å²) in [6, 6.07) is 10.9. The maximum Gasteiger partial charge on any atom is 0.255 e. The van der Waals surface area contributed by atoms with Gasteiger partial charge in [-0.25, -0.2) is 4.98 Å². The average molecular weight is 419 g/mol. The molecular formula is C23H19ClN4O2. The van der Waals surface area contributed by atoms with Crippen molar-refractivity contribution in [3.63, 3.8) is 0 Å². The monoisotopic (exact) mass is 418 g/mol. The van der Waals surface area contributed by atoms with E-state index in [1.807, 2.05) is 35.2 Å². The van der Waals surface area contributed by atoms with Gasteiger partial charge in [0.1, 0.15) is 0 Å². The van der Waals surface area contributed by atoms with Crippen molar-refractivity contribution in [3.8, 4) is 11.3 Å². The van der Waals surface area contributed by atoms with Crippen LogP contribution in [0.5, 0.6) is 0 Å². The van der Waals surface area contributed by atoms with Crippen LogP contribution in [0.3, 0.4) is 0 Å². The first-order valence-electron chi connectivity index (χ1n) is 9.97. The van der Waals surface area contributed by atoms with Crippen LogP contribution in [0, 0.1) is 0 Å². The Labute approximate surface area is 177 Å². The van der Waals surface area contributed by atoms with E-state index in [9.17, 15) is 9.59 Å². The summed E-state index contributed by atoms with van der Waals surface area (Å²) in [4.78, 5) is 38.6. The summed E-state index contributed by atoms with van der Waals surface area (Å²) in [6.07, 6.45) is 6.46. The molecule has 0 aliphatic carbocycles. The minimum Gasteiger partial charge on any atom is -0.339 e. The molecule has 4 aromatic rings. The second kappa shape index (κ2) is 7.54. The van der Waals surface area contributed by atoms with E-state index in [1.165, 1.54) is 12.6 Å². The van der Waals surface area contributed by atoms with Gasteiger partial charge in [-0.05, 0) is 49.6 Å². The zero-order valence-corrected chi connectivity index (χ0v) is 16.9. The first kappa shape index (κ1) is 18.8. The second-order valence-electron chi connectivity index (χ2n) is 7.54. The number of fused-ring (bicyclic) bond motifs is 2. The highest BCUT2D eigenvalue weighted by molar-refractivity contribution is 6.35. The number of amides is 1. The van der Waals surface area contributed by atoms with E-state index in [0.29, 0.717) is 32.6 Å². The highest BCUT2D eigenvalue weighted by atomic mass is 35.5. The van der Waals surface area contributed by atoms with Crippen LogP contribution in [0.1, 0.15) is 29.6 Å². The predicted molar refractivity (Wildman–Crippen MR) is 118 cm³/mol. The molecule has 3 heterocycles. The lowest BCUT2D eigenvalue weighted by Crippen LogP contribution is -2.35. The molecular weight excluding hydrogens is 400 g/mol. The Hall–Kier alpha value is -3.25. The minimum atomic E-state index is -0.189. The molecule has 0 bridgehead atoms. The number of carbonyl (C=O) groups is 1. The Morgan fingerprint density at radius 3 is 2.67 bits per heavy atom. The maximum absolute atomic E-state index is 12.8. The molecule has 0 spiro atoms. The van der Waals surface area contributed by atoms with Crippen LogP contribution < -0.4 is 5.56 Å². The second-order valence-corrected chi connectivity index (χ2v) is 7.94. The van der Waals surface area contributed by atoms with E-state index in [1.54, 1.807) is 12.3 Å². The van der Waals surface area contributed by atoms with Crippen molar-refractivity contribution in [2.24, 2.45) is 0 Å². The molecule has 150 valence electrons. The Kier molecular flexibility index (Phi) is 4.71. The zero-order chi connectivity index (χ0) is 20.7. The molecule has 2 aromatic carbocycles. The Balaban J connectivity index is 1.55. The molecule has 2 aromatic heterocycles. The van der Waals surface area contributed by atoms with Gasteiger partial charge in [0.15, 0.2) is 0 Å². The lowest BCUT2D eigenvalue weighted by atomic mass is 10.1. The van der Waals surface area contributed by atoms with Crippen LogP contribution in [0.15, 0.2) is 53.6 Å². The number of hydrogen-bond acceptors (Lipinski definition) is 4. The van der Waals surface area contributed by atoms with Crippen molar-refractivity contribution in [2.45, 2.75) is 19.3 Å². The van der Waals surface area contributed by atoms with E-state index >= 15 is 0 Å². The number of aromatic nitrogens is 3. The summed E-state index contributed by atoms with van der Waals surface area (Å²) in [5, 5.41) is 1.65. The summed E-state index contributed by atoms with van der Waals surface area (Å²) < 4.78 is 0. The summed E-state index contributed by atoms with van der Waals surface area (Å²) in [5.41, 5.74) is 3.28. The lowest BCUT2D eigenvalue weighted by molar-refractivity contribution is 0.0724. The number of carbonyl (C=O) groups excluding carboxylic acids is 1. The number of aromatic amines is 1. The van der Waals surface area contributed by atoms with Gasteiger partial charge in [0.25, 0.3) is 11.5 Å². The third kappa shape index (κ3) is 3.33. The van der Waals surface area contributed by atoms with Crippen molar-refractivity contribution >= 4 is 39.3 Å². The first-order valence-corrected chi connectivity index (χ1v) is 10.4. The van der Waals surface area contributed by atoms with Crippen molar-refractivity contribution in [1.29, 1.82) is 0 Å². The number of halogens is 1. The number of rotatable bonds is 2. The van der Waals surface area contributed by atoms with Crippen molar-refractivity contribution < 1.29 is 4.79 Å². The van der Waals surface area contributed by atoms with Gasteiger partial charge in [0.2, 0.25) is 0 Å². The topological polar surface area (TPSA) is 79.0 Å². The van der Waals surface area contributed by atoms with Gasteiger partial charge >= 0.3 is 0 Å². The fraction of sp³-hybridized carbons (Fsp3) is 0.217. The molecule has 1 fully saturated rings.